The highest BCUT2D eigenvalue weighted by Crippen LogP contribution is 2.36. The molecule has 0 spiro atoms. The van der Waals surface area contributed by atoms with Crippen LogP contribution in [0.2, 0.25) is 0 Å². The lowest BCUT2D eigenvalue weighted by Crippen LogP contribution is -2.42. The number of aromatic nitrogens is 4. The van der Waals surface area contributed by atoms with Crippen LogP contribution in [0.15, 0.2) is 60.6 Å². The number of para-hydroxylation sites is 1. The summed E-state index contributed by atoms with van der Waals surface area (Å²) in [6.07, 6.45) is 4.01. The first kappa shape index (κ1) is 27.6. The summed E-state index contributed by atoms with van der Waals surface area (Å²) in [7, 11) is 1.63. The highest BCUT2D eigenvalue weighted by Gasteiger charge is 2.39. The highest BCUT2D eigenvalue weighted by atomic mass is 19.4. The van der Waals surface area contributed by atoms with Crippen LogP contribution in [-0.4, -0.2) is 45.7 Å². The van der Waals surface area contributed by atoms with Crippen LogP contribution in [-0.2, 0) is 16.0 Å². The number of carbonyl (C=O) groups excluding carboxylic acids is 1. The monoisotopic (exact) mass is 551 g/mol. The number of halogens is 3. The lowest BCUT2D eigenvalue weighted by molar-refractivity contribution is -0.134. The van der Waals surface area contributed by atoms with E-state index >= 15 is 0 Å². The number of alkyl halides is 3. The zero-order chi connectivity index (χ0) is 28.4. The van der Waals surface area contributed by atoms with E-state index in [0.717, 1.165) is 45.9 Å². The molecule has 0 bridgehead atoms. The molecule has 0 N–H and O–H groups in total. The van der Waals surface area contributed by atoms with E-state index in [-0.39, 0.29) is 0 Å². The number of carbonyl (C=O) groups is 1. The van der Waals surface area contributed by atoms with Gasteiger partial charge < -0.3 is 9.64 Å². The number of ether oxygens (including phenoxy) is 1. The molecule has 1 unspecified atom stereocenters. The highest BCUT2D eigenvalue weighted by molar-refractivity contribution is 5.97. The number of aryl methyl sites for hydroxylation is 1. The molecule has 5 rings (SSSR count). The Labute approximate surface area is 231 Å². The minimum absolute atomic E-state index is 0.290. The number of methoxy groups -OCH3 is 1. The van der Waals surface area contributed by atoms with Crippen molar-refractivity contribution in [1.82, 2.24) is 20.0 Å². The summed E-state index contributed by atoms with van der Waals surface area (Å²) in [6, 6.07) is 9.92. The lowest BCUT2D eigenvalue weighted by Gasteiger charge is -2.26. The van der Waals surface area contributed by atoms with Gasteiger partial charge in [-0.05, 0) is 79.0 Å². The molecule has 0 saturated carbocycles. The first-order valence-corrected chi connectivity index (χ1v) is 13.5. The minimum atomic E-state index is -4.54. The standard InChI is InChI=1S/C30H32F3N5O2/c1-19(2)24-15-21(13-14-34-24)23-9-6-8-22(16-28(23)40-3)25-17-38(36-35-25)27-12-11-20-7-4-5-10-26(20)37(29(27)39)18-30(31,32)33/h4-5,7,10,13-17,19,27H,6,8-9,11-12,18H2,1-3H3. The second-order valence-corrected chi connectivity index (χ2v) is 10.5. The number of allylic oxidation sites excluding steroid dienone is 3. The van der Waals surface area contributed by atoms with E-state index in [9.17, 15) is 18.0 Å². The third-order valence-corrected chi connectivity index (χ3v) is 7.43. The molecular weight excluding hydrogens is 519 g/mol. The van der Waals surface area contributed by atoms with Gasteiger partial charge in [0.15, 0.2) is 0 Å². The Morgan fingerprint density at radius 1 is 1.12 bits per heavy atom. The van der Waals surface area contributed by atoms with Crippen molar-refractivity contribution in [2.24, 2.45) is 0 Å². The zero-order valence-corrected chi connectivity index (χ0v) is 22.8. The molecule has 2 aliphatic rings. The van der Waals surface area contributed by atoms with Gasteiger partial charge in [0, 0.05) is 23.2 Å². The summed E-state index contributed by atoms with van der Waals surface area (Å²) < 4.78 is 47.7. The molecule has 1 aliphatic carbocycles. The number of benzene rings is 1. The van der Waals surface area contributed by atoms with E-state index in [4.69, 9.17) is 4.74 Å². The number of pyridine rings is 1. The molecule has 0 fully saturated rings. The number of hydrogen-bond donors (Lipinski definition) is 0. The van der Waals surface area contributed by atoms with Gasteiger partial charge in [-0.15, -0.1) is 5.10 Å². The average molecular weight is 552 g/mol. The van der Waals surface area contributed by atoms with Gasteiger partial charge >= 0.3 is 6.18 Å². The fourth-order valence-electron chi connectivity index (χ4n) is 5.38. The molecule has 210 valence electrons. The molecule has 40 heavy (non-hydrogen) atoms. The van der Waals surface area contributed by atoms with Crippen molar-refractivity contribution in [3.05, 3.63) is 83.1 Å². The van der Waals surface area contributed by atoms with E-state index in [1.807, 2.05) is 18.3 Å². The van der Waals surface area contributed by atoms with Crippen molar-refractivity contribution in [1.29, 1.82) is 0 Å². The largest absolute Gasteiger partial charge is 0.496 e. The maximum absolute atomic E-state index is 13.5. The Kier molecular flexibility index (Phi) is 7.78. The smallest absolute Gasteiger partial charge is 0.406 e. The van der Waals surface area contributed by atoms with E-state index < -0.39 is 24.7 Å². The Hall–Kier alpha value is -3.95. The fraction of sp³-hybridized carbons (Fsp3) is 0.400. The van der Waals surface area contributed by atoms with Gasteiger partial charge in [-0.25, -0.2) is 4.68 Å². The predicted octanol–water partition coefficient (Wildman–Crippen LogP) is 6.50. The van der Waals surface area contributed by atoms with E-state index in [2.05, 4.69) is 35.2 Å². The molecule has 1 aromatic carbocycles. The Bertz CT molecular complexity index is 1460. The zero-order valence-electron chi connectivity index (χ0n) is 22.8. The van der Waals surface area contributed by atoms with Crippen LogP contribution in [0.3, 0.4) is 0 Å². The van der Waals surface area contributed by atoms with Gasteiger partial charge in [0.05, 0.1) is 13.3 Å². The first-order chi connectivity index (χ1) is 19.1. The Balaban J connectivity index is 1.46. The molecule has 10 heteroatoms. The second kappa shape index (κ2) is 11.3. The van der Waals surface area contributed by atoms with Gasteiger partial charge in [0.25, 0.3) is 5.91 Å². The molecular formula is C30H32F3N5O2. The van der Waals surface area contributed by atoms with Crippen LogP contribution >= 0.6 is 0 Å². The summed E-state index contributed by atoms with van der Waals surface area (Å²) in [5.41, 5.74) is 5.61. The summed E-state index contributed by atoms with van der Waals surface area (Å²) in [5.74, 6) is 0.372. The summed E-state index contributed by atoms with van der Waals surface area (Å²) in [4.78, 5) is 18.8. The van der Waals surface area contributed by atoms with E-state index in [1.165, 1.54) is 4.68 Å². The second-order valence-electron chi connectivity index (χ2n) is 10.5. The van der Waals surface area contributed by atoms with Gasteiger partial charge in [0.2, 0.25) is 0 Å². The molecule has 0 radical (unpaired) electrons. The third-order valence-electron chi connectivity index (χ3n) is 7.43. The minimum Gasteiger partial charge on any atom is -0.496 e. The van der Waals surface area contributed by atoms with Crippen molar-refractivity contribution in [2.75, 3.05) is 18.6 Å². The number of rotatable bonds is 6. The molecule has 3 heterocycles. The number of hydrogen-bond acceptors (Lipinski definition) is 5. The van der Waals surface area contributed by atoms with Crippen LogP contribution in [0.25, 0.3) is 11.1 Å². The number of nitrogens with zero attached hydrogens (tertiary/aromatic N) is 5. The van der Waals surface area contributed by atoms with Crippen LogP contribution in [0.5, 0.6) is 0 Å². The quantitative estimate of drug-likeness (QED) is 0.350. The molecule has 3 aromatic rings. The van der Waals surface area contributed by atoms with Crippen LogP contribution in [0, 0.1) is 0 Å². The fourth-order valence-corrected chi connectivity index (χ4v) is 5.38. The normalized spacial score (nSPS) is 18.4. The number of amides is 1. The maximum Gasteiger partial charge on any atom is 0.406 e. The Morgan fingerprint density at radius 2 is 1.93 bits per heavy atom. The van der Waals surface area contributed by atoms with Gasteiger partial charge in [0.1, 0.15) is 24.0 Å². The topological polar surface area (TPSA) is 73.1 Å². The molecule has 7 nitrogen and oxygen atoms in total. The van der Waals surface area contributed by atoms with Crippen molar-refractivity contribution in [2.45, 2.75) is 64.1 Å². The van der Waals surface area contributed by atoms with Gasteiger partial charge in [-0.3, -0.25) is 9.78 Å². The SMILES string of the molecule is COC1=C(c2ccnc(C(C)C)c2)CCCC(c2cn(C3CCc4ccccc4N(CC(F)(F)F)C3=O)nn2)=C1. The van der Waals surface area contributed by atoms with E-state index in [0.29, 0.717) is 42.1 Å². The first-order valence-electron chi connectivity index (χ1n) is 13.5. The molecule has 2 aromatic heterocycles. The van der Waals surface area contributed by atoms with Crippen LogP contribution < -0.4 is 4.90 Å². The molecule has 1 atom stereocenters. The van der Waals surface area contributed by atoms with Gasteiger partial charge in [-0.1, -0.05) is 37.3 Å². The molecule has 1 aliphatic heterocycles. The summed E-state index contributed by atoms with van der Waals surface area (Å²) in [6.45, 7) is 2.85. The van der Waals surface area contributed by atoms with Crippen molar-refractivity contribution in [3.63, 3.8) is 0 Å². The summed E-state index contributed by atoms with van der Waals surface area (Å²) in [5, 5.41) is 8.56. The van der Waals surface area contributed by atoms with Crippen molar-refractivity contribution in [3.8, 4) is 0 Å². The Morgan fingerprint density at radius 3 is 2.67 bits per heavy atom. The van der Waals surface area contributed by atoms with E-state index in [1.54, 1.807) is 37.6 Å². The average Bonchev–Trinajstić information content (AvgIpc) is 3.25. The number of anilines is 1. The third kappa shape index (κ3) is 5.80. The number of fused-ring (bicyclic) bond motifs is 1. The van der Waals surface area contributed by atoms with Crippen molar-refractivity contribution >= 4 is 22.7 Å². The van der Waals surface area contributed by atoms with Gasteiger partial charge in [-0.2, -0.15) is 13.2 Å². The summed E-state index contributed by atoms with van der Waals surface area (Å²) >= 11 is 0. The predicted molar refractivity (Wildman–Crippen MR) is 146 cm³/mol. The lowest BCUT2D eigenvalue weighted by atomic mass is 9.98. The molecule has 0 saturated heterocycles. The van der Waals surface area contributed by atoms with Crippen LogP contribution in [0.4, 0.5) is 18.9 Å². The molecule has 1 amide bonds. The van der Waals surface area contributed by atoms with Crippen molar-refractivity contribution < 1.29 is 22.7 Å². The van der Waals surface area contributed by atoms with Crippen LogP contribution in [0.1, 0.15) is 74.0 Å². The maximum atomic E-state index is 13.5.